The van der Waals surface area contributed by atoms with Crippen molar-refractivity contribution in [1.29, 1.82) is 0 Å². The highest BCUT2D eigenvalue weighted by Crippen LogP contribution is 2.22. The lowest BCUT2D eigenvalue weighted by Gasteiger charge is -1.91. The summed E-state index contributed by atoms with van der Waals surface area (Å²) in [6.07, 6.45) is 1.79. The van der Waals surface area contributed by atoms with Crippen LogP contribution < -0.4 is 0 Å². The second-order valence-electron chi connectivity index (χ2n) is 3.72. The molecule has 0 aliphatic rings. The van der Waals surface area contributed by atoms with E-state index >= 15 is 0 Å². The van der Waals surface area contributed by atoms with E-state index in [1.54, 1.807) is 6.20 Å². The topological polar surface area (TPSA) is 38.9 Å². The predicted molar refractivity (Wildman–Crippen MR) is 62.0 cm³/mol. The van der Waals surface area contributed by atoms with Gasteiger partial charge in [-0.25, -0.2) is 4.98 Å². The number of nitrogens with zero attached hydrogens (tertiary/aromatic N) is 2. The van der Waals surface area contributed by atoms with Crippen LogP contribution in [0, 0.1) is 6.92 Å². The molecule has 0 saturated carbocycles. The van der Waals surface area contributed by atoms with Crippen molar-refractivity contribution in [1.82, 2.24) is 9.97 Å². The molecule has 0 fully saturated rings. The SMILES string of the molecule is Cc1cnc2nc(-c3ccccc3)oc2c1. The molecule has 0 atom stereocenters. The monoisotopic (exact) mass is 210 g/mol. The fourth-order valence-electron chi connectivity index (χ4n) is 1.62. The Bertz CT molecular complexity index is 629. The fourth-order valence-corrected chi connectivity index (χ4v) is 1.62. The van der Waals surface area contributed by atoms with Crippen LogP contribution in [0.5, 0.6) is 0 Å². The van der Waals surface area contributed by atoms with Crippen LogP contribution >= 0.6 is 0 Å². The molecule has 0 aliphatic carbocycles. The first-order valence-corrected chi connectivity index (χ1v) is 5.11. The summed E-state index contributed by atoms with van der Waals surface area (Å²) in [5, 5.41) is 0. The number of aromatic nitrogens is 2. The second kappa shape index (κ2) is 3.45. The molecule has 0 unspecified atom stereocenters. The molecule has 0 spiro atoms. The average molecular weight is 210 g/mol. The number of aryl methyl sites for hydroxylation is 1. The zero-order valence-corrected chi connectivity index (χ0v) is 8.84. The van der Waals surface area contributed by atoms with E-state index in [1.807, 2.05) is 43.3 Å². The first kappa shape index (κ1) is 9.09. The van der Waals surface area contributed by atoms with E-state index in [0.717, 1.165) is 16.7 Å². The van der Waals surface area contributed by atoms with Crippen molar-refractivity contribution in [2.45, 2.75) is 6.92 Å². The van der Waals surface area contributed by atoms with Gasteiger partial charge in [-0.15, -0.1) is 0 Å². The Hall–Kier alpha value is -2.16. The molecule has 3 rings (SSSR count). The summed E-state index contributed by atoms with van der Waals surface area (Å²) in [5.74, 6) is 0.619. The molecule has 0 radical (unpaired) electrons. The average Bonchev–Trinajstić information content (AvgIpc) is 2.73. The molecule has 2 heterocycles. The van der Waals surface area contributed by atoms with E-state index in [0.29, 0.717) is 11.5 Å². The number of hydrogen-bond donors (Lipinski definition) is 0. The lowest BCUT2D eigenvalue weighted by molar-refractivity contribution is 0.619. The highest BCUT2D eigenvalue weighted by atomic mass is 16.3. The van der Waals surface area contributed by atoms with Gasteiger partial charge in [0.05, 0.1) is 0 Å². The maximum absolute atomic E-state index is 5.66. The zero-order valence-electron chi connectivity index (χ0n) is 8.84. The van der Waals surface area contributed by atoms with Crippen LogP contribution in [0.25, 0.3) is 22.7 Å². The summed E-state index contributed by atoms with van der Waals surface area (Å²) in [7, 11) is 0. The van der Waals surface area contributed by atoms with Crippen molar-refractivity contribution >= 4 is 11.2 Å². The Labute approximate surface area is 92.8 Å². The first-order valence-electron chi connectivity index (χ1n) is 5.11. The Morgan fingerprint density at radius 3 is 2.75 bits per heavy atom. The van der Waals surface area contributed by atoms with Gasteiger partial charge in [-0.2, -0.15) is 4.98 Å². The molecule has 0 saturated heterocycles. The van der Waals surface area contributed by atoms with E-state index in [-0.39, 0.29) is 0 Å². The molecule has 0 N–H and O–H groups in total. The number of rotatable bonds is 1. The first-order chi connectivity index (χ1) is 7.83. The Balaban J connectivity index is 2.19. The molecular formula is C13H10N2O. The summed E-state index contributed by atoms with van der Waals surface area (Å²) in [6, 6.07) is 11.8. The lowest BCUT2D eigenvalue weighted by Crippen LogP contribution is -1.78. The predicted octanol–water partition coefficient (Wildman–Crippen LogP) is 3.20. The van der Waals surface area contributed by atoms with Crippen molar-refractivity contribution in [3.63, 3.8) is 0 Å². The van der Waals surface area contributed by atoms with E-state index in [4.69, 9.17) is 4.42 Å². The summed E-state index contributed by atoms with van der Waals surface area (Å²) in [6.45, 7) is 1.98. The summed E-state index contributed by atoms with van der Waals surface area (Å²) in [5.41, 5.74) is 3.43. The largest absolute Gasteiger partial charge is 0.434 e. The number of fused-ring (bicyclic) bond motifs is 1. The minimum absolute atomic E-state index is 0.619. The fraction of sp³-hybridized carbons (Fsp3) is 0.0769. The van der Waals surface area contributed by atoms with E-state index < -0.39 is 0 Å². The quantitative estimate of drug-likeness (QED) is 0.619. The van der Waals surface area contributed by atoms with Crippen molar-refractivity contribution in [2.24, 2.45) is 0 Å². The minimum atomic E-state index is 0.619. The number of benzene rings is 1. The van der Waals surface area contributed by atoms with Crippen LogP contribution in [0.1, 0.15) is 5.56 Å². The van der Waals surface area contributed by atoms with Gasteiger partial charge in [0.15, 0.2) is 11.2 Å². The van der Waals surface area contributed by atoms with Gasteiger partial charge in [0.2, 0.25) is 5.89 Å². The molecule has 1 aromatic carbocycles. The normalized spacial score (nSPS) is 10.8. The number of pyridine rings is 1. The van der Waals surface area contributed by atoms with Crippen LogP contribution in [0.3, 0.4) is 0 Å². The van der Waals surface area contributed by atoms with Crippen LogP contribution in [-0.2, 0) is 0 Å². The van der Waals surface area contributed by atoms with Crippen molar-refractivity contribution in [3.05, 3.63) is 48.2 Å². The lowest BCUT2D eigenvalue weighted by atomic mass is 10.2. The smallest absolute Gasteiger partial charge is 0.228 e. The Kier molecular flexibility index (Phi) is 1.96. The molecule has 3 aromatic rings. The molecular weight excluding hydrogens is 200 g/mol. The van der Waals surface area contributed by atoms with E-state index in [2.05, 4.69) is 9.97 Å². The maximum atomic E-state index is 5.66. The third-order valence-electron chi connectivity index (χ3n) is 2.40. The summed E-state index contributed by atoms with van der Waals surface area (Å²) < 4.78 is 5.66. The van der Waals surface area contributed by atoms with Crippen LogP contribution in [0.2, 0.25) is 0 Å². The van der Waals surface area contributed by atoms with Gasteiger partial charge in [0.1, 0.15) is 0 Å². The van der Waals surface area contributed by atoms with Gasteiger partial charge in [-0.1, -0.05) is 18.2 Å². The molecule has 0 bridgehead atoms. The zero-order chi connectivity index (χ0) is 11.0. The third-order valence-corrected chi connectivity index (χ3v) is 2.40. The van der Waals surface area contributed by atoms with Crippen molar-refractivity contribution in [2.75, 3.05) is 0 Å². The van der Waals surface area contributed by atoms with Gasteiger partial charge in [0, 0.05) is 11.8 Å². The highest BCUT2D eigenvalue weighted by Gasteiger charge is 2.08. The molecule has 3 heteroatoms. The second-order valence-corrected chi connectivity index (χ2v) is 3.72. The Morgan fingerprint density at radius 2 is 1.94 bits per heavy atom. The summed E-state index contributed by atoms with van der Waals surface area (Å²) in [4.78, 5) is 8.57. The van der Waals surface area contributed by atoms with Crippen LogP contribution in [0.15, 0.2) is 47.0 Å². The Morgan fingerprint density at radius 1 is 1.12 bits per heavy atom. The van der Waals surface area contributed by atoms with Gasteiger partial charge >= 0.3 is 0 Å². The number of hydrogen-bond acceptors (Lipinski definition) is 3. The van der Waals surface area contributed by atoms with Crippen LogP contribution in [0.4, 0.5) is 0 Å². The van der Waals surface area contributed by atoms with Crippen molar-refractivity contribution < 1.29 is 4.42 Å². The standard InChI is InChI=1S/C13H10N2O/c1-9-7-11-12(14-8-9)15-13(16-11)10-5-3-2-4-6-10/h2-8H,1H3. The minimum Gasteiger partial charge on any atom is -0.434 e. The van der Waals surface area contributed by atoms with Gasteiger partial charge in [-0.05, 0) is 30.7 Å². The molecule has 2 aromatic heterocycles. The van der Waals surface area contributed by atoms with Crippen molar-refractivity contribution in [3.8, 4) is 11.5 Å². The van der Waals surface area contributed by atoms with Crippen LogP contribution in [-0.4, -0.2) is 9.97 Å². The highest BCUT2D eigenvalue weighted by molar-refractivity contribution is 5.72. The number of oxazole rings is 1. The maximum Gasteiger partial charge on any atom is 0.228 e. The van der Waals surface area contributed by atoms with Gasteiger partial charge < -0.3 is 4.42 Å². The van der Waals surface area contributed by atoms with E-state index in [1.165, 1.54) is 0 Å². The van der Waals surface area contributed by atoms with E-state index in [9.17, 15) is 0 Å². The molecule has 0 amide bonds. The molecule has 0 aliphatic heterocycles. The molecule has 3 nitrogen and oxygen atoms in total. The molecule has 16 heavy (non-hydrogen) atoms. The summed E-state index contributed by atoms with van der Waals surface area (Å²) >= 11 is 0. The van der Waals surface area contributed by atoms with Gasteiger partial charge in [-0.3, -0.25) is 0 Å². The van der Waals surface area contributed by atoms with Gasteiger partial charge in [0.25, 0.3) is 0 Å². The molecule has 78 valence electrons. The third kappa shape index (κ3) is 1.46.